The number of anilines is 5. The molecular formula is C40H26N2SSe. The SMILES string of the molecule is c1ccc(N(c2ccc3c(c2)sc2cc(Nc4ccc5ccccc5c4)ccc23)c2ccc3[se]c4ccccc4c3c2)cc1. The number of hydrogen-bond acceptors (Lipinski definition) is 3. The number of para-hydroxylation sites is 1. The van der Waals surface area contributed by atoms with E-state index in [0.717, 1.165) is 17.1 Å². The summed E-state index contributed by atoms with van der Waals surface area (Å²) in [6.45, 7) is 0. The predicted molar refractivity (Wildman–Crippen MR) is 193 cm³/mol. The van der Waals surface area contributed by atoms with E-state index >= 15 is 0 Å². The number of fused-ring (bicyclic) bond motifs is 7. The van der Waals surface area contributed by atoms with Crippen LogP contribution < -0.4 is 10.2 Å². The maximum atomic E-state index is 3.63. The van der Waals surface area contributed by atoms with E-state index in [1.165, 1.54) is 61.6 Å². The molecule has 0 atom stereocenters. The van der Waals surface area contributed by atoms with Crippen LogP contribution in [-0.2, 0) is 0 Å². The van der Waals surface area contributed by atoms with E-state index in [9.17, 15) is 0 Å². The number of nitrogens with one attached hydrogen (secondary N) is 1. The van der Waals surface area contributed by atoms with E-state index in [0.29, 0.717) is 14.5 Å². The fraction of sp³-hybridized carbons (Fsp3) is 0. The average molecular weight is 646 g/mol. The molecule has 0 aliphatic carbocycles. The Balaban J connectivity index is 1.13. The molecule has 2 heterocycles. The van der Waals surface area contributed by atoms with Crippen LogP contribution in [-0.4, -0.2) is 14.5 Å². The van der Waals surface area contributed by atoms with E-state index in [1.54, 1.807) is 0 Å². The zero-order chi connectivity index (χ0) is 29.0. The molecule has 0 aliphatic heterocycles. The molecule has 0 aliphatic rings. The van der Waals surface area contributed by atoms with Crippen LogP contribution in [0.25, 0.3) is 50.2 Å². The Labute approximate surface area is 265 Å². The van der Waals surface area contributed by atoms with Crippen molar-refractivity contribution in [3.63, 3.8) is 0 Å². The molecule has 0 radical (unpaired) electrons. The van der Waals surface area contributed by atoms with E-state index in [1.807, 2.05) is 11.3 Å². The molecule has 9 rings (SSSR count). The molecule has 2 nitrogen and oxygen atoms in total. The first-order valence-corrected chi connectivity index (χ1v) is 17.3. The molecular weight excluding hydrogens is 619 g/mol. The Morgan fingerprint density at radius 2 is 1.09 bits per heavy atom. The molecule has 0 saturated carbocycles. The summed E-state index contributed by atoms with van der Waals surface area (Å²) in [4.78, 5) is 2.39. The first-order chi connectivity index (χ1) is 21.8. The molecule has 1 N–H and O–H groups in total. The van der Waals surface area contributed by atoms with Gasteiger partial charge in [-0.15, -0.1) is 0 Å². The van der Waals surface area contributed by atoms with Gasteiger partial charge in [0, 0.05) is 5.69 Å². The summed E-state index contributed by atoms with van der Waals surface area (Å²) in [7, 11) is 0. The van der Waals surface area contributed by atoms with E-state index in [4.69, 9.17) is 0 Å². The van der Waals surface area contributed by atoms with Gasteiger partial charge in [-0.05, 0) is 22.9 Å². The van der Waals surface area contributed by atoms with Gasteiger partial charge < -0.3 is 5.32 Å². The molecule has 0 amide bonds. The minimum absolute atomic E-state index is 0.361. The molecule has 0 spiro atoms. The second kappa shape index (κ2) is 10.4. The van der Waals surface area contributed by atoms with Gasteiger partial charge in [0.1, 0.15) is 0 Å². The van der Waals surface area contributed by atoms with Crippen molar-refractivity contribution in [2.24, 2.45) is 0 Å². The van der Waals surface area contributed by atoms with Crippen LogP contribution in [0.5, 0.6) is 0 Å². The third kappa shape index (κ3) is 4.39. The molecule has 0 bridgehead atoms. The van der Waals surface area contributed by atoms with Crippen LogP contribution in [0.4, 0.5) is 28.4 Å². The van der Waals surface area contributed by atoms with Crippen molar-refractivity contribution in [1.82, 2.24) is 0 Å². The zero-order valence-electron chi connectivity index (χ0n) is 23.7. The van der Waals surface area contributed by atoms with Crippen LogP contribution in [0.15, 0.2) is 152 Å². The van der Waals surface area contributed by atoms with Gasteiger partial charge in [-0.25, -0.2) is 0 Å². The van der Waals surface area contributed by atoms with Gasteiger partial charge in [0.2, 0.25) is 0 Å². The van der Waals surface area contributed by atoms with Gasteiger partial charge in [-0.2, -0.15) is 0 Å². The Bertz CT molecular complexity index is 2490. The summed E-state index contributed by atoms with van der Waals surface area (Å²) in [5, 5.41) is 11.5. The van der Waals surface area contributed by atoms with Crippen LogP contribution in [0, 0.1) is 0 Å². The molecule has 0 unspecified atom stereocenters. The normalized spacial score (nSPS) is 11.6. The predicted octanol–water partition coefficient (Wildman–Crippen LogP) is 11.8. The summed E-state index contributed by atoms with van der Waals surface area (Å²) < 4.78 is 5.50. The molecule has 7 aromatic carbocycles. The van der Waals surface area contributed by atoms with Gasteiger partial charge >= 0.3 is 202 Å². The van der Waals surface area contributed by atoms with Crippen LogP contribution >= 0.6 is 11.3 Å². The van der Waals surface area contributed by atoms with E-state index in [2.05, 4.69) is 162 Å². The number of rotatable bonds is 5. The number of nitrogens with zero attached hydrogens (tertiary/aromatic N) is 1. The van der Waals surface area contributed by atoms with Gasteiger partial charge in [-0.1, -0.05) is 30.3 Å². The monoisotopic (exact) mass is 646 g/mol. The molecule has 2 aromatic heterocycles. The fourth-order valence-electron chi connectivity index (χ4n) is 6.29. The molecule has 0 saturated heterocycles. The maximum absolute atomic E-state index is 3.63. The van der Waals surface area contributed by atoms with Crippen molar-refractivity contribution < 1.29 is 0 Å². The number of thiophene rings is 1. The molecule has 4 heteroatoms. The summed E-state index contributed by atoms with van der Waals surface area (Å²) in [5.41, 5.74) is 5.71. The average Bonchev–Trinajstić information content (AvgIpc) is 3.62. The first-order valence-electron chi connectivity index (χ1n) is 14.8. The van der Waals surface area contributed by atoms with E-state index < -0.39 is 0 Å². The first kappa shape index (κ1) is 25.6. The summed E-state index contributed by atoms with van der Waals surface area (Å²) >= 11 is 2.22. The van der Waals surface area contributed by atoms with Crippen molar-refractivity contribution in [3.8, 4) is 0 Å². The van der Waals surface area contributed by atoms with Gasteiger partial charge in [0.05, 0.1) is 0 Å². The van der Waals surface area contributed by atoms with Gasteiger partial charge in [-0.3, -0.25) is 0 Å². The second-order valence-corrected chi connectivity index (χ2v) is 14.5. The van der Waals surface area contributed by atoms with Crippen molar-refractivity contribution in [3.05, 3.63) is 152 Å². The quantitative estimate of drug-likeness (QED) is 0.187. The fourth-order valence-corrected chi connectivity index (χ4v) is 9.75. The van der Waals surface area contributed by atoms with Crippen molar-refractivity contribution in [2.45, 2.75) is 0 Å². The second-order valence-electron chi connectivity index (χ2n) is 11.1. The topological polar surface area (TPSA) is 15.3 Å². The minimum atomic E-state index is 0.361. The summed E-state index contributed by atoms with van der Waals surface area (Å²) in [6.07, 6.45) is 0. The third-order valence-corrected chi connectivity index (χ3v) is 11.9. The molecule has 208 valence electrons. The Hall–Kier alpha value is -4.86. The van der Waals surface area contributed by atoms with Crippen molar-refractivity contribution >= 4 is 105 Å². The van der Waals surface area contributed by atoms with Crippen LogP contribution in [0.3, 0.4) is 0 Å². The van der Waals surface area contributed by atoms with Gasteiger partial charge in [0.15, 0.2) is 0 Å². The van der Waals surface area contributed by atoms with Gasteiger partial charge in [0.25, 0.3) is 0 Å². The Kier molecular flexibility index (Phi) is 6.05. The zero-order valence-corrected chi connectivity index (χ0v) is 26.2. The third-order valence-electron chi connectivity index (χ3n) is 8.39. The molecule has 0 fully saturated rings. The molecule has 9 aromatic rings. The molecule has 44 heavy (non-hydrogen) atoms. The van der Waals surface area contributed by atoms with E-state index in [-0.39, 0.29) is 0 Å². The standard InChI is InChI=1S/C40H26N2SSe/c1-2-10-30(11-3-1)42(31-18-21-40-36(24-31)35-12-6-7-13-39(35)44-40)32-17-20-34-33-19-16-29(23-37(33)43-38(34)25-32)41-28-15-14-26-8-4-5-9-27(26)22-28/h1-25,41H. The van der Waals surface area contributed by atoms with Crippen molar-refractivity contribution in [1.29, 1.82) is 0 Å². The number of benzene rings is 7. The Morgan fingerprint density at radius 1 is 0.432 bits per heavy atom. The van der Waals surface area contributed by atoms with Crippen LogP contribution in [0.2, 0.25) is 0 Å². The Morgan fingerprint density at radius 3 is 2.00 bits per heavy atom. The van der Waals surface area contributed by atoms with Crippen LogP contribution in [0.1, 0.15) is 0 Å². The summed E-state index contributed by atoms with van der Waals surface area (Å²) in [6, 6.07) is 55.3. The number of hydrogen-bond donors (Lipinski definition) is 1. The summed E-state index contributed by atoms with van der Waals surface area (Å²) in [5.74, 6) is 0. The van der Waals surface area contributed by atoms with Crippen molar-refractivity contribution in [2.75, 3.05) is 10.2 Å².